The van der Waals surface area contributed by atoms with Crippen LogP contribution in [0.4, 0.5) is 4.39 Å². The molecule has 2 aromatic heterocycles. The fraction of sp³-hybridized carbons (Fsp3) is 0.0714. The summed E-state index contributed by atoms with van der Waals surface area (Å²) in [5.74, 6) is -0.0986. The molecular weight excluding hydrogens is 243 g/mol. The SMILES string of the molecule is Cc1ccc(C#N)c2nc(-c3ccccc3F)nn12. The number of aromatic nitrogens is 3. The van der Waals surface area contributed by atoms with E-state index >= 15 is 0 Å². The first kappa shape index (κ1) is 11.4. The van der Waals surface area contributed by atoms with Crippen molar-refractivity contribution >= 4 is 5.65 Å². The van der Waals surface area contributed by atoms with E-state index in [1.807, 2.05) is 6.92 Å². The molecule has 0 bridgehead atoms. The Kier molecular flexibility index (Phi) is 2.50. The van der Waals surface area contributed by atoms with Gasteiger partial charge in [0.2, 0.25) is 0 Å². The number of aryl methyl sites for hydroxylation is 1. The average molecular weight is 252 g/mol. The Hall–Kier alpha value is -2.74. The normalized spacial score (nSPS) is 10.6. The van der Waals surface area contributed by atoms with E-state index < -0.39 is 0 Å². The fourth-order valence-electron chi connectivity index (χ4n) is 1.93. The van der Waals surface area contributed by atoms with Gasteiger partial charge in [0.1, 0.15) is 11.9 Å². The number of halogens is 1. The van der Waals surface area contributed by atoms with Crippen LogP contribution < -0.4 is 0 Å². The van der Waals surface area contributed by atoms with Crippen LogP contribution in [0, 0.1) is 24.1 Å². The van der Waals surface area contributed by atoms with Crippen LogP contribution in [-0.2, 0) is 0 Å². The summed E-state index contributed by atoms with van der Waals surface area (Å²) < 4.78 is 15.3. The molecular formula is C14H9FN4. The highest BCUT2D eigenvalue weighted by molar-refractivity contribution is 5.63. The number of benzene rings is 1. The van der Waals surface area contributed by atoms with E-state index in [1.165, 1.54) is 6.07 Å². The summed E-state index contributed by atoms with van der Waals surface area (Å²) in [4.78, 5) is 4.26. The zero-order valence-electron chi connectivity index (χ0n) is 10.1. The molecule has 0 spiro atoms. The molecule has 5 heteroatoms. The second kappa shape index (κ2) is 4.18. The van der Waals surface area contributed by atoms with Crippen LogP contribution >= 0.6 is 0 Å². The smallest absolute Gasteiger partial charge is 0.185 e. The summed E-state index contributed by atoms with van der Waals surface area (Å²) in [5.41, 5.74) is 2.03. The van der Waals surface area contributed by atoms with Gasteiger partial charge in [-0.3, -0.25) is 0 Å². The van der Waals surface area contributed by atoms with E-state index in [0.29, 0.717) is 16.8 Å². The third kappa shape index (κ3) is 1.74. The molecule has 1 aromatic carbocycles. The number of hydrogen-bond acceptors (Lipinski definition) is 3. The lowest BCUT2D eigenvalue weighted by atomic mass is 10.2. The summed E-state index contributed by atoms with van der Waals surface area (Å²) in [5, 5.41) is 13.3. The molecule has 3 rings (SSSR count). The van der Waals surface area contributed by atoms with Gasteiger partial charge in [-0.15, -0.1) is 5.10 Å². The van der Waals surface area contributed by atoms with Crippen LogP contribution in [0.5, 0.6) is 0 Å². The van der Waals surface area contributed by atoms with Crippen molar-refractivity contribution in [3.05, 3.63) is 53.5 Å². The van der Waals surface area contributed by atoms with Crippen molar-refractivity contribution in [1.29, 1.82) is 5.26 Å². The Morgan fingerprint density at radius 2 is 2.00 bits per heavy atom. The third-order valence-electron chi connectivity index (χ3n) is 2.91. The summed E-state index contributed by atoms with van der Waals surface area (Å²) >= 11 is 0. The first-order valence-corrected chi connectivity index (χ1v) is 5.72. The Bertz CT molecular complexity index is 814. The Balaban J connectivity index is 2.32. The summed E-state index contributed by atoms with van der Waals surface area (Å²) in [6.45, 7) is 1.86. The van der Waals surface area contributed by atoms with Crippen LogP contribution in [0.3, 0.4) is 0 Å². The number of rotatable bonds is 1. The Morgan fingerprint density at radius 1 is 1.21 bits per heavy atom. The number of fused-ring (bicyclic) bond motifs is 1. The van der Waals surface area contributed by atoms with Gasteiger partial charge in [-0.25, -0.2) is 13.9 Å². The maximum atomic E-state index is 13.7. The van der Waals surface area contributed by atoms with Crippen molar-refractivity contribution in [3.8, 4) is 17.5 Å². The molecule has 0 aliphatic rings. The molecule has 0 aliphatic heterocycles. The van der Waals surface area contributed by atoms with Gasteiger partial charge in [0.05, 0.1) is 11.1 Å². The van der Waals surface area contributed by atoms with Crippen molar-refractivity contribution < 1.29 is 4.39 Å². The van der Waals surface area contributed by atoms with Crippen molar-refractivity contribution in [1.82, 2.24) is 14.6 Å². The summed E-state index contributed by atoms with van der Waals surface area (Å²) in [6.07, 6.45) is 0. The third-order valence-corrected chi connectivity index (χ3v) is 2.91. The summed E-state index contributed by atoms with van der Waals surface area (Å²) in [6, 6.07) is 11.8. The molecule has 2 heterocycles. The van der Waals surface area contributed by atoms with Crippen LogP contribution in [0.25, 0.3) is 17.0 Å². The van der Waals surface area contributed by atoms with Crippen LogP contribution in [0.15, 0.2) is 36.4 Å². The summed E-state index contributed by atoms with van der Waals surface area (Å²) in [7, 11) is 0. The van der Waals surface area contributed by atoms with Crippen molar-refractivity contribution in [2.75, 3.05) is 0 Å². The molecule has 0 saturated heterocycles. The molecule has 0 radical (unpaired) electrons. The predicted octanol–water partition coefficient (Wildman–Crippen LogP) is 2.72. The first-order valence-electron chi connectivity index (χ1n) is 5.72. The Labute approximate surface area is 108 Å². The largest absolute Gasteiger partial charge is 0.216 e. The lowest BCUT2D eigenvalue weighted by Gasteiger charge is -1.97. The van der Waals surface area contributed by atoms with Gasteiger partial charge < -0.3 is 0 Å². The highest BCUT2D eigenvalue weighted by Crippen LogP contribution is 2.21. The average Bonchev–Trinajstić information content (AvgIpc) is 2.85. The van der Waals surface area contributed by atoms with E-state index in [4.69, 9.17) is 5.26 Å². The van der Waals surface area contributed by atoms with Crippen LogP contribution in [0.2, 0.25) is 0 Å². The standard InChI is InChI=1S/C14H9FN4/c1-9-6-7-10(8-16)14-17-13(18-19(9)14)11-4-2-3-5-12(11)15/h2-7H,1H3. The zero-order chi connectivity index (χ0) is 13.4. The molecule has 0 amide bonds. The second-order valence-corrected chi connectivity index (χ2v) is 4.15. The van der Waals surface area contributed by atoms with Gasteiger partial charge in [-0.1, -0.05) is 12.1 Å². The molecule has 0 fully saturated rings. The topological polar surface area (TPSA) is 54.0 Å². The molecule has 0 unspecified atom stereocenters. The molecule has 92 valence electrons. The van der Waals surface area contributed by atoms with Gasteiger partial charge in [-0.2, -0.15) is 5.26 Å². The minimum atomic E-state index is -0.380. The molecule has 19 heavy (non-hydrogen) atoms. The minimum Gasteiger partial charge on any atom is -0.216 e. The number of hydrogen-bond donors (Lipinski definition) is 0. The first-order chi connectivity index (χ1) is 9.20. The molecule has 0 aliphatic carbocycles. The molecule has 4 nitrogen and oxygen atoms in total. The minimum absolute atomic E-state index is 0.281. The molecule has 0 N–H and O–H groups in total. The lowest BCUT2D eigenvalue weighted by molar-refractivity contribution is 0.630. The van der Waals surface area contributed by atoms with Gasteiger partial charge in [0.25, 0.3) is 0 Å². The van der Waals surface area contributed by atoms with E-state index in [0.717, 1.165) is 5.69 Å². The van der Waals surface area contributed by atoms with Gasteiger partial charge in [-0.05, 0) is 31.2 Å². The lowest BCUT2D eigenvalue weighted by Crippen LogP contribution is -1.95. The van der Waals surface area contributed by atoms with E-state index in [9.17, 15) is 4.39 Å². The van der Waals surface area contributed by atoms with E-state index in [-0.39, 0.29) is 11.6 Å². The van der Waals surface area contributed by atoms with Crippen molar-refractivity contribution in [3.63, 3.8) is 0 Å². The van der Waals surface area contributed by atoms with E-state index in [1.54, 1.807) is 34.8 Å². The van der Waals surface area contributed by atoms with E-state index in [2.05, 4.69) is 16.2 Å². The fourth-order valence-corrected chi connectivity index (χ4v) is 1.93. The number of pyridine rings is 1. The second-order valence-electron chi connectivity index (χ2n) is 4.15. The van der Waals surface area contributed by atoms with Crippen molar-refractivity contribution in [2.24, 2.45) is 0 Å². The number of nitriles is 1. The van der Waals surface area contributed by atoms with Crippen molar-refractivity contribution in [2.45, 2.75) is 6.92 Å². The number of nitrogens with zero attached hydrogens (tertiary/aromatic N) is 4. The highest BCUT2D eigenvalue weighted by Gasteiger charge is 2.13. The monoisotopic (exact) mass is 252 g/mol. The molecule has 0 saturated carbocycles. The van der Waals surface area contributed by atoms with Gasteiger partial charge in [0, 0.05) is 5.69 Å². The highest BCUT2D eigenvalue weighted by atomic mass is 19.1. The van der Waals surface area contributed by atoms with Gasteiger partial charge in [0.15, 0.2) is 11.5 Å². The van der Waals surface area contributed by atoms with Crippen LogP contribution in [0.1, 0.15) is 11.3 Å². The Morgan fingerprint density at radius 3 is 2.74 bits per heavy atom. The van der Waals surface area contributed by atoms with Crippen LogP contribution in [-0.4, -0.2) is 14.6 Å². The zero-order valence-corrected chi connectivity index (χ0v) is 10.1. The molecule has 3 aromatic rings. The predicted molar refractivity (Wildman–Crippen MR) is 67.8 cm³/mol. The molecule has 0 atom stereocenters. The maximum Gasteiger partial charge on any atom is 0.185 e. The maximum absolute atomic E-state index is 13.7. The van der Waals surface area contributed by atoms with Gasteiger partial charge >= 0.3 is 0 Å². The quantitative estimate of drug-likeness (QED) is 0.669.